The maximum Gasteiger partial charge on any atom is 0.256 e. The van der Waals surface area contributed by atoms with Crippen molar-refractivity contribution >= 4 is 23.2 Å². The molecule has 1 amide bonds. The van der Waals surface area contributed by atoms with Gasteiger partial charge in [0.1, 0.15) is 11.4 Å². The van der Waals surface area contributed by atoms with Crippen LogP contribution in [-0.4, -0.2) is 24.7 Å². The lowest BCUT2D eigenvalue weighted by molar-refractivity contribution is -0.142. The maximum absolute atomic E-state index is 12.7. The highest BCUT2D eigenvalue weighted by Crippen LogP contribution is 2.42. The molecule has 0 saturated heterocycles. The lowest BCUT2D eigenvalue weighted by atomic mass is 9.98. The minimum Gasteiger partial charge on any atom is -0.492 e. The SMILES string of the molecule is CCCOc1ccc(NC(=O)C(C)(OCCC)C2CC2)cc1Cl. The van der Waals surface area contributed by atoms with Crippen molar-refractivity contribution in [3.63, 3.8) is 0 Å². The van der Waals surface area contributed by atoms with Crippen LogP contribution in [-0.2, 0) is 9.53 Å². The first kappa shape index (κ1) is 18.1. The van der Waals surface area contributed by atoms with Gasteiger partial charge in [-0.25, -0.2) is 0 Å². The van der Waals surface area contributed by atoms with Gasteiger partial charge < -0.3 is 14.8 Å². The molecule has 1 saturated carbocycles. The topological polar surface area (TPSA) is 47.6 Å². The van der Waals surface area contributed by atoms with Crippen LogP contribution in [0.4, 0.5) is 5.69 Å². The van der Waals surface area contributed by atoms with Gasteiger partial charge in [0.25, 0.3) is 5.91 Å². The minimum atomic E-state index is -0.764. The third kappa shape index (κ3) is 4.61. The van der Waals surface area contributed by atoms with Gasteiger partial charge in [0, 0.05) is 12.3 Å². The Hall–Kier alpha value is -1.26. The second-order valence-electron chi connectivity index (χ2n) is 6.18. The summed E-state index contributed by atoms with van der Waals surface area (Å²) in [6.07, 6.45) is 3.89. The van der Waals surface area contributed by atoms with Crippen molar-refractivity contribution in [2.24, 2.45) is 5.92 Å². The number of hydrogen-bond donors (Lipinski definition) is 1. The number of amides is 1. The summed E-state index contributed by atoms with van der Waals surface area (Å²) in [6.45, 7) is 7.18. The number of rotatable bonds is 9. The molecule has 0 aromatic heterocycles. The Kier molecular flexibility index (Phi) is 6.31. The van der Waals surface area contributed by atoms with Gasteiger partial charge >= 0.3 is 0 Å². The molecule has 5 heteroatoms. The van der Waals surface area contributed by atoms with Gasteiger partial charge in [-0.15, -0.1) is 0 Å². The number of halogens is 1. The van der Waals surface area contributed by atoms with E-state index in [-0.39, 0.29) is 5.91 Å². The van der Waals surface area contributed by atoms with Crippen molar-refractivity contribution in [2.75, 3.05) is 18.5 Å². The average Bonchev–Trinajstić information content (AvgIpc) is 3.37. The van der Waals surface area contributed by atoms with Gasteiger partial charge in [0.2, 0.25) is 0 Å². The number of anilines is 1. The molecule has 1 aromatic carbocycles. The Morgan fingerprint density at radius 1 is 1.30 bits per heavy atom. The van der Waals surface area contributed by atoms with Gasteiger partial charge in [0.05, 0.1) is 11.6 Å². The second-order valence-corrected chi connectivity index (χ2v) is 6.58. The van der Waals surface area contributed by atoms with Gasteiger partial charge in [-0.2, -0.15) is 0 Å². The van der Waals surface area contributed by atoms with Crippen LogP contribution in [0.25, 0.3) is 0 Å². The van der Waals surface area contributed by atoms with Gasteiger partial charge in [-0.05, 0) is 56.7 Å². The molecule has 1 aliphatic carbocycles. The van der Waals surface area contributed by atoms with E-state index in [1.807, 2.05) is 26.8 Å². The lowest BCUT2D eigenvalue weighted by Crippen LogP contribution is -2.45. The highest BCUT2D eigenvalue weighted by Gasteiger charge is 2.48. The molecule has 1 aliphatic rings. The summed E-state index contributed by atoms with van der Waals surface area (Å²) in [5.74, 6) is 0.835. The molecule has 1 N–H and O–H groups in total. The smallest absolute Gasteiger partial charge is 0.256 e. The molecular formula is C18H26ClNO3. The molecule has 1 unspecified atom stereocenters. The molecule has 23 heavy (non-hydrogen) atoms. The zero-order valence-electron chi connectivity index (χ0n) is 14.2. The average molecular weight is 340 g/mol. The molecular weight excluding hydrogens is 314 g/mol. The van der Waals surface area contributed by atoms with Crippen LogP contribution in [0.15, 0.2) is 18.2 Å². The monoisotopic (exact) mass is 339 g/mol. The third-order valence-electron chi connectivity index (χ3n) is 4.06. The Labute approximate surface area is 143 Å². The normalized spacial score (nSPS) is 16.7. The summed E-state index contributed by atoms with van der Waals surface area (Å²) >= 11 is 6.21. The standard InChI is InChI=1S/C18H26ClNO3/c1-4-10-22-16-9-8-14(12-15(16)19)20-17(21)18(3,13-6-7-13)23-11-5-2/h8-9,12-13H,4-7,10-11H2,1-3H3,(H,20,21). The predicted molar refractivity (Wildman–Crippen MR) is 93.2 cm³/mol. The van der Waals surface area contributed by atoms with Crippen molar-refractivity contribution < 1.29 is 14.3 Å². The molecule has 0 radical (unpaired) electrons. The molecule has 0 spiro atoms. The number of benzene rings is 1. The molecule has 0 bridgehead atoms. The first-order valence-corrected chi connectivity index (χ1v) is 8.76. The van der Waals surface area contributed by atoms with Crippen LogP contribution in [0.2, 0.25) is 5.02 Å². The largest absolute Gasteiger partial charge is 0.492 e. The van der Waals surface area contributed by atoms with Gasteiger partial charge in [-0.1, -0.05) is 25.4 Å². The van der Waals surface area contributed by atoms with Crippen LogP contribution in [0.3, 0.4) is 0 Å². The molecule has 1 fully saturated rings. The second kappa shape index (κ2) is 8.02. The van der Waals surface area contributed by atoms with E-state index in [1.54, 1.807) is 12.1 Å². The number of ether oxygens (including phenoxy) is 2. The van der Waals surface area contributed by atoms with Crippen LogP contribution < -0.4 is 10.1 Å². The van der Waals surface area contributed by atoms with E-state index < -0.39 is 5.60 Å². The zero-order chi connectivity index (χ0) is 16.9. The molecule has 4 nitrogen and oxygen atoms in total. The van der Waals surface area contributed by atoms with E-state index >= 15 is 0 Å². The summed E-state index contributed by atoms with van der Waals surface area (Å²) in [5, 5.41) is 3.43. The summed E-state index contributed by atoms with van der Waals surface area (Å²) < 4.78 is 11.4. The Bertz CT molecular complexity index is 545. The predicted octanol–water partition coefficient (Wildman–Crippen LogP) is 4.66. The van der Waals surface area contributed by atoms with E-state index in [1.165, 1.54) is 0 Å². The molecule has 2 rings (SSSR count). The van der Waals surface area contributed by atoms with Crippen LogP contribution in [0.5, 0.6) is 5.75 Å². The fourth-order valence-corrected chi connectivity index (χ4v) is 2.72. The van der Waals surface area contributed by atoms with E-state index in [9.17, 15) is 4.79 Å². The summed E-state index contributed by atoms with van der Waals surface area (Å²) in [6, 6.07) is 5.31. The molecule has 0 heterocycles. The lowest BCUT2D eigenvalue weighted by Gasteiger charge is -2.28. The fourth-order valence-electron chi connectivity index (χ4n) is 2.48. The number of carbonyl (C=O) groups excluding carboxylic acids is 1. The fraction of sp³-hybridized carbons (Fsp3) is 0.611. The molecule has 128 valence electrons. The van der Waals surface area contributed by atoms with E-state index in [0.29, 0.717) is 35.6 Å². The quantitative estimate of drug-likeness (QED) is 0.711. The minimum absolute atomic E-state index is 0.105. The number of nitrogens with one attached hydrogen (secondary N) is 1. The molecule has 1 atom stereocenters. The van der Waals surface area contributed by atoms with E-state index in [0.717, 1.165) is 25.7 Å². The van der Waals surface area contributed by atoms with E-state index in [4.69, 9.17) is 21.1 Å². The highest BCUT2D eigenvalue weighted by molar-refractivity contribution is 6.32. The Balaban J connectivity index is 2.05. The van der Waals surface area contributed by atoms with Crippen molar-refractivity contribution in [3.05, 3.63) is 23.2 Å². The maximum atomic E-state index is 12.7. The third-order valence-corrected chi connectivity index (χ3v) is 4.36. The van der Waals surface area contributed by atoms with Crippen molar-refractivity contribution in [2.45, 2.75) is 52.1 Å². The number of hydrogen-bond acceptors (Lipinski definition) is 3. The number of carbonyl (C=O) groups is 1. The van der Waals surface area contributed by atoms with Crippen LogP contribution >= 0.6 is 11.6 Å². The van der Waals surface area contributed by atoms with Gasteiger partial charge in [-0.3, -0.25) is 4.79 Å². The Morgan fingerprint density at radius 3 is 2.57 bits per heavy atom. The van der Waals surface area contributed by atoms with Gasteiger partial charge in [0.15, 0.2) is 0 Å². The molecule has 1 aromatic rings. The zero-order valence-corrected chi connectivity index (χ0v) is 14.9. The van der Waals surface area contributed by atoms with E-state index in [2.05, 4.69) is 5.32 Å². The van der Waals surface area contributed by atoms with Crippen molar-refractivity contribution in [3.8, 4) is 5.75 Å². The first-order chi connectivity index (χ1) is 11.0. The molecule has 0 aliphatic heterocycles. The summed E-state index contributed by atoms with van der Waals surface area (Å²) in [4.78, 5) is 12.7. The van der Waals surface area contributed by atoms with Crippen LogP contribution in [0, 0.1) is 5.92 Å². The van der Waals surface area contributed by atoms with Crippen molar-refractivity contribution in [1.82, 2.24) is 0 Å². The highest BCUT2D eigenvalue weighted by atomic mass is 35.5. The summed E-state index contributed by atoms with van der Waals surface area (Å²) in [7, 11) is 0. The van der Waals surface area contributed by atoms with Crippen LogP contribution in [0.1, 0.15) is 46.5 Å². The Morgan fingerprint density at radius 2 is 2.00 bits per heavy atom. The first-order valence-electron chi connectivity index (χ1n) is 8.39. The summed E-state index contributed by atoms with van der Waals surface area (Å²) in [5.41, 5.74) is -0.101. The van der Waals surface area contributed by atoms with Crippen molar-refractivity contribution in [1.29, 1.82) is 0 Å².